The van der Waals surface area contributed by atoms with Crippen LogP contribution in [0.5, 0.6) is 11.5 Å². The highest BCUT2D eigenvalue weighted by molar-refractivity contribution is 5.60. The van der Waals surface area contributed by atoms with Gasteiger partial charge in [-0.1, -0.05) is 18.2 Å². The fourth-order valence-electron chi connectivity index (χ4n) is 5.19. The van der Waals surface area contributed by atoms with E-state index >= 15 is 0 Å². The zero-order valence-electron chi connectivity index (χ0n) is 19.5. The van der Waals surface area contributed by atoms with E-state index < -0.39 is 0 Å². The van der Waals surface area contributed by atoms with Crippen LogP contribution in [-0.2, 0) is 13.1 Å². The van der Waals surface area contributed by atoms with E-state index in [0.717, 1.165) is 48.7 Å². The van der Waals surface area contributed by atoms with Crippen molar-refractivity contribution in [3.63, 3.8) is 0 Å². The zero-order chi connectivity index (χ0) is 22.6. The maximum absolute atomic E-state index is 6.39. The van der Waals surface area contributed by atoms with E-state index in [1.54, 1.807) is 7.11 Å². The van der Waals surface area contributed by atoms with Gasteiger partial charge in [0, 0.05) is 36.9 Å². The number of rotatable bonds is 8. The molecule has 5 heteroatoms. The Morgan fingerprint density at radius 2 is 1.67 bits per heavy atom. The van der Waals surface area contributed by atoms with Crippen molar-refractivity contribution in [2.45, 2.75) is 57.0 Å². The van der Waals surface area contributed by atoms with Crippen LogP contribution in [0.2, 0.25) is 0 Å². The van der Waals surface area contributed by atoms with Gasteiger partial charge in [-0.15, -0.1) is 0 Å². The molecule has 33 heavy (non-hydrogen) atoms. The second-order valence-electron chi connectivity index (χ2n) is 9.29. The molecule has 3 heterocycles. The van der Waals surface area contributed by atoms with Crippen molar-refractivity contribution in [3.8, 4) is 22.8 Å². The number of hydrogen-bond donors (Lipinski definition) is 1. The summed E-state index contributed by atoms with van der Waals surface area (Å²) in [5, 5.41) is 3.53. The topological polar surface area (TPSA) is 46.6 Å². The number of methoxy groups -OCH3 is 1. The first kappa shape index (κ1) is 21.9. The number of benzene rings is 2. The summed E-state index contributed by atoms with van der Waals surface area (Å²) >= 11 is 0. The van der Waals surface area contributed by atoms with Crippen LogP contribution in [0, 0.1) is 0 Å². The summed E-state index contributed by atoms with van der Waals surface area (Å²) in [7, 11) is 3.95. The van der Waals surface area contributed by atoms with E-state index in [4.69, 9.17) is 9.47 Å². The van der Waals surface area contributed by atoms with Gasteiger partial charge in [0.15, 0.2) is 0 Å². The van der Waals surface area contributed by atoms with Gasteiger partial charge < -0.3 is 19.7 Å². The van der Waals surface area contributed by atoms with Crippen molar-refractivity contribution in [1.29, 1.82) is 0 Å². The van der Waals surface area contributed by atoms with Crippen LogP contribution >= 0.6 is 0 Å². The van der Waals surface area contributed by atoms with Crippen LogP contribution in [0.1, 0.15) is 36.8 Å². The first-order chi connectivity index (χ1) is 16.2. The number of fused-ring (bicyclic) bond motifs is 2. The van der Waals surface area contributed by atoms with E-state index in [9.17, 15) is 0 Å². The summed E-state index contributed by atoms with van der Waals surface area (Å²) in [6, 6.07) is 22.1. The molecule has 0 radical (unpaired) electrons. The van der Waals surface area contributed by atoms with Crippen molar-refractivity contribution < 1.29 is 9.47 Å². The first-order valence-corrected chi connectivity index (χ1v) is 12.0. The molecule has 3 atom stereocenters. The van der Waals surface area contributed by atoms with Crippen LogP contribution < -0.4 is 14.8 Å². The second kappa shape index (κ2) is 9.94. The average molecular weight is 444 g/mol. The summed E-state index contributed by atoms with van der Waals surface area (Å²) in [5.41, 5.74) is 4.46. The Morgan fingerprint density at radius 1 is 0.909 bits per heavy atom. The molecular weight excluding hydrogens is 410 g/mol. The molecular formula is C28H33N3O2. The molecule has 5 nitrogen and oxygen atoms in total. The van der Waals surface area contributed by atoms with Gasteiger partial charge in [-0.05, 0) is 86.3 Å². The SMILES string of the molecule is COc1ccc(-c2ccc(CNCc3cccc(O[C@H]4C[C@H]5CC[C@@H](C4)N5C)c3)cn2)cc1. The minimum Gasteiger partial charge on any atom is -0.497 e. The molecule has 0 saturated carbocycles. The summed E-state index contributed by atoms with van der Waals surface area (Å²) in [6.07, 6.45) is 7.23. The molecule has 1 aromatic heterocycles. The maximum Gasteiger partial charge on any atom is 0.120 e. The number of nitrogens with zero attached hydrogens (tertiary/aromatic N) is 2. The van der Waals surface area contributed by atoms with Crippen molar-refractivity contribution in [2.24, 2.45) is 0 Å². The fourth-order valence-corrected chi connectivity index (χ4v) is 5.19. The predicted molar refractivity (Wildman–Crippen MR) is 131 cm³/mol. The molecule has 2 saturated heterocycles. The van der Waals surface area contributed by atoms with Gasteiger partial charge in [0.25, 0.3) is 0 Å². The molecule has 0 spiro atoms. The number of piperidine rings is 1. The molecule has 2 fully saturated rings. The van der Waals surface area contributed by atoms with E-state index in [2.05, 4.69) is 58.6 Å². The van der Waals surface area contributed by atoms with Gasteiger partial charge in [0.2, 0.25) is 0 Å². The standard InChI is InChI=1S/C28H33N3O2/c1-31-23-9-10-24(31)16-27(15-23)33-26-5-3-4-20(14-26)17-29-18-21-6-13-28(30-19-21)22-7-11-25(32-2)12-8-22/h3-8,11-14,19,23-24,27,29H,9-10,15-18H2,1-2H3/t23-,24+,27+. The van der Waals surface area contributed by atoms with Gasteiger partial charge in [-0.25, -0.2) is 0 Å². The Bertz CT molecular complexity index is 1040. The number of pyridine rings is 1. The van der Waals surface area contributed by atoms with Crippen LogP contribution in [0.3, 0.4) is 0 Å². The van der Waals surface area contributed by atoms with Crippen molar-refractivity contribution in [2.75, 3.05) is 14.2 Å². The average Bonchev–Trinajstić information content (AvgIpc) is 3.05. The summed E-state index contributed by atoms with van der Waals surface area (Å²) in [4.78, 5) is 7.18. The van der Waals surface area contributed by atoms with Gasteiger partial charge >= 0.3 is 0 Å². The third kappa shape index (κ3) is 5.21. The van der Waals surface area contributed by atoms with Crippen LogP contribution in [0.25, 0.3) is 11.3 Å². The highest BCUT2D eigenvalue weighted by Gasteiger charge is 2.39. The number of ether oxygens (including phenoxy) is 2. The lowest BCUT2D eigenvalue weighted by Gasteiger charge is -2.36. The zero-order valence-corrected chi connectivity index (χ0v) is 19.5. The quantitative estimate of drug-likeness (QED) is 0.528. The normalized spacial score (nSPS) is 22.3. The van der Waals surface area contributed by atoms with Gasteiger partial charge in [-0.2, -0.15) is 0 Å². The highest BCUT2D eigenvalue weighted by Crippen LogP contribution is 2.36. The molecule has 0 unspecified atom stereocenters. The molecule has 3 aromatic rings. The van der Waals surface area contributed by atoms with Crippen LogP contribution in [0.15, 0.2) is 66.9 Å². The fraction of sp³-hybridized carbons (Fsp3) is 0.393. The Hall–Kier alpha value is -2.89. The lowest BCUT2D eigenvalue weighted by molar-refractivity contribution is 0.0661. The second-order valence-corrected chi connectivity index (χ2v) is 9.29. The number of hydrogen-bond acceptors (Lipinski definition) is 5. The minimum absolute atomic E-state index is 0.345. The molecule has 2 aliphatic rings. The van der Waals surface area contributed by atoms with Crippen molar-refractivity contribution >= 4 is 0 Å². The van der Waals surface area contributed by atoms with Crippen LogP contribution in [-0.4, -0.2) is 42.2 Å². The molecule has 1 N–H and O–H groups in total. The summed E-state index contributed by atoms with van der Waals surface area (Å²) in [5.74, 6) is 1.85. The number of nitrogens with one attached hydrogen (secondary N) is 1. The third-order valence-corrected chi connectivity index (χ3v) is 7.12. The van der Waals surface area contributed by atoms with Crippen LogP contribution in [0.4, 0.5) is 0 Å². The van der Waals surface area contributed by atoms with E-state index in [0.29, 0.717) is 18.2 Å². The Balaban J connectivity index is 1.12. The molecule has 0 amide bonds. The molecule has 5 rings (SSSR count). The smallest absolute Gasteiger partial charge is 0.120 e. The van der Waals surface area contributed by atoms with E-state index in [-0.39, 0.29) is 0 Å². The number of aromatic nitrogens is 1. The van der Waals surface area contributed by atoms with E-state index in [1.165, 1.54) is 24.0 Å². The minimum atomic E-state index is 0.345. The Labute approximate surface area is 196 Å². The Kier molecular flexibility index (Phi) is 6.60. The summed E-state index contributed by atoms with van der Waals surface area (Å²) in [6.45, 7) is 1.58. The highest BCUT2D eigenvalue weighted by atomic mass is 16.5. The molecule has 172 valence electrons. The van der Waals surface area contributed by atoms with Gasteiger partial charge in [0.1, 0.15) is 17.6 Å². The monoisotopic (exact) mass is 443 g/mol. The molecule has 2 bridgehead atoms. The van der Waals surface area contributed by atoms with Crippen molar-refractivity contribution in [1.82, 2.24) is 15.2 Å². The first-order valence-electron chi connectivity index (χ1n) is 12.0. The van der Waals surface area contributed by atoms with E-state index in [1.807, 2.05) is 30.5 Å². The predicted octanol–water partition coefficient (Wildman–Crippen LogP) is 5.05. The lowest BCUT2D eigenvalue weighted by atomic mass is 10.0. The van der Waals surface area contributed by atoms with Crippen molar-refractivity contribution in [3.05, 3.63) is 78.0 Å². The largest absolute Gasteiger partial charge is 0.497 e. The summed E-state index contributed by atoms with van der Waals surface area (Å²) < 4.78 is 11.6. The van der Waals surface area contributed by atoms with Gasteiger partial charge in [0.05, 0.1) is 12.8 Å². The Morgan fingerprint density at radius 3 is 2.36 bits per heavy atom. The molecule has 2 aromatic carbocycles. The molecule has 0 aliphatic carbocycles. The van der Waals surface area contributed by atoms with Gasteiger partial charge in [-0.3, -0.25) is 4.98 Å². The molecule has 2 aliphatic heterocycles. The maximum atomic E-state index is 6.39. The third-order valence-electron chi connectivity index (χ3n) is 7.12. The lowest BCUT2D eigenvalue weighted by Crippen LogP contribution is -2.43.